The second-order valence-electron chi connectivity index (χ2n) is 5.27. The summed E-state index contributed by atoms with van der Waals surface area (Å²) in [6.07, 6.45) is 3.17. The minimum Gasteiger partial charge on any atom is -0.462 e. The van der Waals surface area contributed by atoms with Gasteiger partial charge in [0.2, 0.25) is 5.82 Å². The normalized spacial score (nSPS) is 11.2. The molecule has 0 saturated heterocycles. The van der Waals surface area contributed by atoms with Gasteiger partial charge in [-0.3, -0.25) is 0 Å². The molecule has 0 unspecified atom stereocenters. The van der Waals surface area contributed by atoms with Crippen LogP contribution in [-0.4, -0.2) is 38.2 Å². The third kappa shape index (κ3) is 5.14. The molecule has 2 N–H and O–H groups in total. The molecule has 2 heterocycles. The number of aromatic amines is 1. The van der Waals surface area contributed by atoms with E-state index in [0.29, 0.717) is 5.82 Å². The molecule has 138 valence electrons. The first kappa shape index (κ1) is 18.6. The number of rotatable bonds is 8. The summed E-state index contributed by atoms with van der Waals surface area (Å²) in [6.45, 7) is 1.98. The molecular weight excluding hydrogens is 364 g/mol. The van der Waals surface area contributed by atoms with Crippen LogP contribution in [0, 0.1) is 0 Å². The molecule has 0 amide bonds. The lowest BCUT2D eigenvalue weighted by molar-refractivity contribution is -0.136. The maximum absolute atomic E-state index is 12.2. The van der Waals surface area contributed by atoms with Crippen molar-refractivity contribution in [3.05, 3.63) is 66.2 Å². The number of esters is 1. The monoisotopic (exact) mass is 382 g/mol. The number of carbonyl (C=O) groups excluding carboxylic acids is 1. The van der Waals surface area contributed by atoms with E-state index < -0.39 is 5.97 Å². The number of thioether (sulfide) groups is 1. The highest BCUT2D eigenvalue weighted by atomic mass is 32.2. The number of tetrazole rings is 1. The van der Waals surface area contributed by atoms with Gasteiger partial charge in [0, 0.05) is 28.6 Å². The predicted molar refractivity (Wildman–Crippen MR) is 103 cm³/mol. The van der Waals surface area contributed by atoms with E-state index in [1.165, 1.54) is 11.1 Å². The number of nitrogens with zero attached hydrogens (tertiary/aromatic N) is 4. The van der Waals surface area contributed by atoms with Crippen LogP contribution in [0.5, 0.6) is 0 Å². The number of ether oxygens (including phenoxy) is 1. The van der Waals surface area contributed by atoms with E-state index in [1.54, 1.807) is 24.9 Å². The Hall–Kier alpha value is -3.20. The molecule has 0 aliphatic heterocycles. The molecule has 1 aromatic carbocycles. The summed E-state index contributed by atoms with van der Waals surface area (Å²) in [5, 5.41) is 16.6. The zero-order valence-corrected chi connectivity index (χ0v) is 15.4. The van der Waals surface area contributed by atoms with Crippen molar-refractivity contribution in [3.63, 3.8) is 0 Å². The summed E-state index contributed by atoms with van der Waals surface area (Å²) in [5.41, 5.74) is 1.16. The molecule has 27 heavy (non-hydrogen) atoms. The highest BCUT2D eigenvalue weighted by Gasteiger charge is 2.18. The topological polar surface area (TPSA) is 106 Å². The van der Waals surface area contributed by atoms with E-state index in [1.807, 2.05) is 30.3 Å². The first-order valence-electron chi connectivity index (χ1n) is 8.27. The molecule has 3 rings (SSSR count). The van der Waals surface area contributed by atoms with Crippen molar-refractivity contribution < 1.29 is 9.53 Å². The lowest BCUT2D eigenvalue weighted by Gasteiger charge is -2.09. The van der Waals surface area contributed by atoms with Gasteiger partial charge in [0.25, 0.3) is 0 Å². The Balaban J connectivity index is 1.77. The van der Waals surface area contributed by atoms with Crippen LogP contribution in [0.3, 0.4) is 0 Å². The molecule has 0 bridgehead atoms. The number of anilines is 1. The molecule has 0 spiro atoms. The third-order valence-corrected chi connectivity index (χ3v) is 4.52. The van der Waals surface area contributed by atoms with Crippen LogP contribution < -0.4 is 5.32 Å². The number of pyridine rings is 1. The van der Waals surface area contributed by atoms with Crippen LogP contribution in [0.4, 0.5) is 5.82 Å². The fraction of sp³-hybridized carbons (Fsp3) is 0.167. The zero-order chi connectivity index (χ0) is 18.9. The summed E-state index contributed by atoms with van der Waals surface area (Å²) in [6, 6.07) is 14.0. The summed E-state index contributed by atoms with van der Waals surface area (Å²) in [7, 11) is 0. The molecule has 2 aromatic heterocycles. The Morgan fingerprint density at radius 2 is 2.11 bits per heavy atom. The standard InChI is InChI=1S/C18H18N6O2S/c1-2-26-18(25)15(17-21-23-24-22-17)11-20-16-13(7-6-10-19-16)12-27-14-8-4-3-5-9-14/h3-11H,2,12H2,1H3,(H,19,20)(H,21,22,23,24)/b15-11-. The van der Waals surface area contributed by atoms with Crippen molar-refractivity contribution in [1.82, 2.24) is 25.6 Å². The Morgan fingerprint density at radius 1 is 1.26 bits per heavy atom. The molecule has 9 heteroatoms. The van der Waals surface area contributed by atoms with E-state index in [2.05, 4.69) is 43.1 Å². The maximum Gasteiger partial charge on any atom is 0.343 e. The number of aromatic nitrogens is 5. The van der Waals surface area contributed by atoms with Crippen molar-refractivity contribution >= 4 is 29.1 Å². The minimum absolute atomic E-state index is 0.150. The minimum atomic E-state index is -0.539. The largest absolute Gasteiger partial charge is 0.462 e. The second-order valence-corrected chi connectivity index (χ2v) is 6.32. The molecule has 3 aromatic rings. The maximum atomic E-state index is 12.2. The van der Waals surface area contributed by atoms with Crippen molar-refractivity contribution in [1.29, 1.82) is 0 Å². The molecule has 8 nitrogen and oxygen atoms in total. The van der Waals surface area contributed by atoms with Gasteiger partial charge < -0.3 is 10.1 Å². The lowest BCUT2D eigenvalue weighted by atomic mass is 10.2. The SMILES string of the molecule is CCOC(=O)/C(=C\Nc1ncccc1CSc1ccccc1)c1nn[nH]n1. The summed E-state index contributed by atoms with van der Waals surface area (Å²) in [4.78, 5) is 17.7. The van der Waals surface area contributed by atoms with Gasteiger partial charge in [-0.25, -0.2) is 9.78 Å². The first-order valence-corrected chi connectivity index (χ1v) is 9.26. The Morgan fingerprint density at radius 3 is 2.85 bits per heavy atom. The summed E-state index contributed by atoms with van der Waals surface area (Å²) in [5.74, 6) is 0.983. The molecule has 0 atom stereocenters. The fourth-order valence-corrected chi connectivity index (χ4v) is 3.11. The summed E-state index contributed by atoms with van der Waals surface area (Å²) >= 11 is 1.70. The molecule has 0 aliphatic carbocycles. The van der Waals surface area contributed by atoms with Gasteiger partial charge in [-0.2, -0.15) is 5.21 Å². The van der Waals surface area contributed by atoms with Gasteiger partial charge in [0.05, 0.1) is 6.61 Å². The fourth-order valence-electron chi connectivity index (χ4n) is 2.20. The van der Waals surface area contributed by atoms with E-state index in [-0.39, 0.29) is 18.0 Å². The highest BCUT2D eigenvalue weighted by Crippen LogP contribution is 2.25. The van der Waals surface area contributed by atoms with Crippen LogP contribution >= 0.6 is 11.8 Å². The number of carbonyl (C=O) groups is 1. The number of hydrogen-bond acceptors (Lipinski definition) is 8. The van der Waals surface area contributed by atoms with Crippen LogP contribution in [0.25, 0.3) is 5.57 Å². The zero-order valence-electron chi connectivity index (χ0n) is 14.6. The molecule has 0 aliphatic rings. The first-order chi connectivity index (χ1) is 13.3. The molecular formula is C18H18N6O2S. The van der Waals surface area contributed by atoms with Gasteiger partial charge in [-0.15, -0.1) is 22.0 Å². The van der Waals surface area contributed by atoms with Crippen molar-refractivity contribution in [2.75, 3.05) is 11.9 Å². The third-order valence-electron chi connectivity index (χ3n) is 3.46. The van der Waals surface area contributed by atoms with E-state index in [4.69, 9.17) is 4.74 Å². The average Bonchev–Trinajstić information content (AvgIpc) is 3.23. The Labute approximate surface area is 160 Å². The summed E-state index contributed by atoms with van der Waals surface area (Å²) < 4.78 is 5.06. The van der Waals surface area contributed by atoms with Gasteiger partial charge in [-0.1, -0.05) is 24.3 Å². The predicted octanol–water partition coefficient (Wildman–Crippen LogP) is 2.90. The van der Waals surface area contributed by atoms with Crippen LogP contribution in [0.1, 0.15) is 18.3 Å². The van der Waals surface area contributed by atoms with Crippen molar-refractivity contribution in [3.8, 4) is 0 Å². The van der Waals surface area contributed by atoms with Gasteiger partial charge >= 0.3 is 5.97 Å². The van der Waals surface area contributed by atoms with Gasteiger partial charge in [0.1, 0.15) is 11.4 Å². The van der Waals surface area contributed by atoms with Crippen LogP contribution in [0.2, 0.25) is 0 Å². The number of nitrogens with one attached hydrogen (secondary N) is 2. The van der Waals surface area contributed by atoms with E-state index >= 15 is 0 Å². The second kappa shape index (κ2) is 9.48. The Kier molecular flexibility index (Phi) is 6.53. The van der Waals surface area contributed by atoms with E-state index in [9.17, 15) is 4.79 Å². The van der Waals surface area contributed by atoms with E-state index in [0.717, 1.165) is 11.3 Å². The van der Waals surface area contributed by atoms with Crippen molar-refractivity contribution in [2.45, 2.75) is 17.6 Å². The molecule has 0 fully saturated rings. The quantitative estimate of drug-likeness (QED) is 0.348. The smallest absolute Gasteiger partial charge is 0.343 e. The lowest BCUT2D eigenvalue weighted by Crippen LogP contribution is -2.10. The molecule has 0 radical (unpaired) electrons. The Bertz CT molecular complexity index is 899. The van der Waals surface area contributed by atoms with Gasteiger partial charge in [-0.05, 0) is 30.3 Å². The van der Waals surface area contributed by atoms with Crippen LogP contribution in [0.15, 0.2) is 59.8 Å². The van der Waals surface area contributed by atoms with Crippen molar-refractivity contribution in [2.24, 2.45) is 0 Å². The van der Waals surface area contributed by atoms with Crippen LogP contribution in [-0.2, 0) is 15.3 Å². The average molecular weight is 382 g/mol. The highest BCUT2D eigenvalue weighted by molar-refractivity contribution is 7.98. The number of H-pyrrole nitrogens is 1. The number of hydrogen-bond donors (Lipinski definition) is 2. The molecule has 0 saturated carbocycles. The number of benzene rings is 1. The van der Waals surface area contributed by atoms with Gasteiger partial charge in [0.15, 0.2) is 0 Å².